The summed E-state index contributed by atoms with van der Waals surface area (Å²) in [7, 11) is 0. The van der Waals surface area contributed by atoms with E-state index in [-0.39, 0.29) is 6.10 Å². The summed E-state index contributed by atoms with van der Waals surface area (Å²) < 4.78 is 5.27. The zero-order valence-corrected chi connectivity index (χ0v) is 11.6. The Labute approximate surface area is 118 Å². The third-order valence-corrected chi connectivity index (χ3v) is 2.66. The van der Waals surface area contributed by atoms with Gasteiger partial charge in [0.2, 0.25) is 0 Å². The van der Waals surface area contributed by atoms with Gasteiger partial charge in [0.25, 0.3) is 0 Å². The van der Waals surface area contributed by atoms with Gasteiger partial charge in [0, 0.05) is 13.2 Å². The second-order valence-electron chi connectivity index (χ2n) is 4.30. The number of carboxylic acids is 1. The lowest BCUT2D eigenvalue weighted by molar-refractivity contribution is -0.139. The first-order chi connectivity index (χ1) is 9.54. The lowest BCUT2D eigenvalue weighted by atomic mass is 10.1. The van der Waals surface area contributed by atoms with E-state index >= 15 is 0 Å². The van der Waals surface area contributed by atoms with Gasteiger partial charge in [-0.15, -0.1) is 0 Å². The monoisotopic (exact) mass is 280 g/mol. The van der Waals surface area contributed by atoms with E-state index < -0.39 is 18.0 Å². The van der Waals surface area contributed by atoms with Gasteiger partial charge >= 0.3 is 12.0 Å². The molecule has 0 aliphatic heterocycles. The van der Waals surface area contributed by atoms with Crippen LogP contribution in [-0.4, -0.2) is 36.4 Å². The number of rotatable bonds is 7. The first-order valence-electron chi connectivity index (χ1n) is 6.48. The van der Waals surface area contributed by atoms with Crippen LogP contribution in [0.25, 0.3) is 0 Å². The Morgan fingerprint density at radius 2 is 1.95 bits per heavy atom. The van der Waals surface area contributed by atoms with Crippen LogP contribution < -0.4 is 10.6 Å². The average Bonchev–Trinajstić information content (AvgIpc) is 2.43. The minimum atomic E-state index is -1.11. The predicted octanol–water partition coefficient (Wildman–Crippen LogP) is 1.54. The Bertz CT molecular complexity index is 436. The number of nitrogens with one attached hydrogen (secondary N) is 2. The van der Waals surface area contributed by atoms with Crippen LogP contribution in [0.2, 0.25) is 0 Å². The summed E-state index contributed by atoms with van der Waals surface area (Å²) in [6, 6.07) is 6.94. The van der Waals surface area contributed by atoms with Gasteiger partial charge in [0.1, 0.15) is 0 Å². The maximum absolute atomic E-state index is 11.7. The number of aliphatic carboxylic acids is 1. The van der Waals surface area contributed by atoms with Gasteiger partial charge in [-0.2, -0.15) is 0 Å². The number of hydrogen-bond donors (Lipinski definition) is 3. The van der Waals surface area contributed by atoms with Crippen molar-refractivity contribution in [3.05, 3.63) is 35.9 Å². The van der Waals surface area contributed by atoms with Crippen LogP contribution in [0.4, 0.5) is 4.79 Å². The molecule has 0 aliphatic rings. The second kappa shape index (κ2) is 8.16. The summed E-state index contributed by atoms with van der Waals surface area (Å²) in [6.07, 6.45) is -0.120. The molecule has 1 unspecified atom stereocenters. The molecule has 0 aromatic heterocycles. The van der Waals surface area contributed by atoms with E-state index in [1.54, 1.807) is 30.3 Å². The van der Waals surface area contributed by atoms with E-state index in [1.165, 1.54) is 0 Å². The molecule has 6 nitrogen and oxygen atoms in total. The lowest BCUT2D eigenvalue weighted by Gasteiger charge is -2.17. The smallest absolute Gasteiger partial charge is 0.330 e. The van der Waals surface area contributed by atoms with Crippen molar-refractivity contribution in [2.45, 2.75) is 26.0 Å². The van der Waals surface area contributed by atoms with Crippen molar-refractivity contribution in [3.63, 3.8) is 0 Å². The average molecular weight is 280 g/mol. The summed E-state index contributed by atoms with van der Waals surface area (Å²) in [6.45, 7) is 4.58. The van der Waals surface area contributed by atoms with Gasteiger partial charge in [-0.1, -0.05) is 30.3 Å². The van der Waals surface area contributed by atoms with Crippen molar-refractivity contribution < 1.29 is 19.4 Å². The summed E-state index contributed by atoms with van der Waals surface area (Å²) in [5.41, 5.74) is 0.521. The molecule has 0 saturated heterocycles. The Morgan fingerprint density at radius 1 is 1.30 bits per heavy atom. The number of amides is 2. The fraction of sp³-hybridized carbons (Fsp3) is 0.429. The van der Waals surface area contributed by atoms with E-state index in [9.17, 15) is 14.7 Å². The fourth-order valence-corrected chi connectivity index (χ4v) is 1.70. The van der Waals surface area contributed by atoms with Crippen molar-refractivity contribution in [3.8, 4) is 0 Å². The van der Waals surface area contributed by atoms with Gasteiger partial charge in [-0.25, -0.2) is 9.59 Å². The predicted molar refractivity (Wildman–Crippen MR) is 74.4 cm³/mol. The molecule has 2 amide bonds. The number of urea groups is 1. The molecule has 3 N–H and O–H groups in total. The molecule has 0 heterocycles. The van der Waals surface area contributed by atoms with E-state index in [0.717, 1.165) is 0 Å². The molecule has 0 saturated carbocycles. The van der Waals surface area contributed by atoms with E-state index in [2.05, 4.69) is 10.6 Å². The number of benzene rings is 1. The molecule has 0 radical (unpaired) electrons. The first kappa shape index (κ1) is 16.0. The number of hydrogen-bond acceptors (Lipinski definition) is 3. The highest BCUT2D eigenvalue weighted by Gasteiger charge is 2.21. The molecule has 20 heavy (non-hydrogen) atoms. The third-order valence-electron chi connectivity index (χ3n) is 2.66. The molecule has 1 aromatic rings. The molecule has 1 aromatic carbocycles. The van der Waals surface area contributed by atoms with Gasteiger partial charge in [0.05, 0.1) is 6.10 Å². The van der Waals surface area contributed by atoms with Gasteiger partial charge in [-0.3, -0.25) is 0 Å². The Balaban J connectivity index is 2.55. The number of carboxylic acid groups (broad SMARTS) is 1. The van der Waals surface area contributed by atoms with Crippen molar-refractivity contribution in [1.82, 2.24) is 10.6 Å². The maximum Gasteiger partial charge on any atom is 0.330 e. The summed E-state index contributed by atoms with van der Waals surface area (Å²) in [5.74, 6) is -1.11. The molecule has 110 valence electrons. The third kappa shape index (κ3) is 5.27. The van der Waals surface area contributed by atoms with Crippen LogP contribution in [0.1, 0.15) is 25.5 Å². The summed E-state index contributed by atoms with van der Waals surface area (Å²) in [5, 5.41) is 14.2. The van der Waals surface area contributed by atoms with Crippen LogP contribution in [-0.2, 0) is 9.53 Å². The van der Waals surface area contributed by atoms with Crippen molar-refractivity contribution in [2.75, 3.05) is 13.2 Å². The van der Waals surface area contributed by atoms with E-state index in [1.807, 2.05) is 13.8 Å². The normalized spacial score (nSPS) is 13.3. The molecule has 0 spiro atoms. The molecule has 0 aliphatic carbocycles. The van der Waals surface area contributed by atoms with E-state index in [4.69, 9.17) is 4.74 Å². The van der Waals surface area contributed by atoms with Gasteiger partial charge in [-0.05, 0) is 19.4 Å². The Morgan fingerprint density at radius 3 is 2.50 bits per heavy atom. The minimum Gasteiger partial charge on any atom is -0.479 e. The molecular weight excluding hydrogens is 260 g/mol. The second-order valence-corrected chi connectivity index (χ2v) is 4.30. The van der Waals surface area contributed by atoms with Crippen LogP contribution >= 0.6 is 0 Å². The Kier molecular flexibility index (Phi) is 6.52. The largest absolute Gasteiger partial charge is 0.479 e. The van der Waals surface area contributed by atoms with Gasteiger partial charge in [0.15, 0.2) is 6.04 Å². The van der Waals surface area contributed by atoms with Crippen LogP contribution in [0.5, 0.6) is 0 Å². The fourth-order valence-electron chi connectivity index (χ4n) is 1.70. The molecule has 2 atom stereocenters. The topological polar surface area (TPSA) is 87.7 Å². The van der Waals surface area contributed by atoms with Crippen molar-refractivity contribution >= 4 is 12.0 Å². The highest BCUT2D eigenvalue weighted by Crippen LogP contribution is 2.12. The number of ether oxygens (including phenoxy) is 1. The Hall–Kier alpha value is -2.08. The van der Waals surface area contributed by atoms with Crippen molar-refractivity contribution in [1.29, 1.82) is 0 Å². The number of carbonyl (C=O) groups excluding carboxylic acids is 1. The first-order valence-corrected chi connectivity index (χ1v) is 6.48. The summed E-state index contributed by atoms with van der Waals surface area (Å²) in [4.78, 5) is 22.9. The van der Waals surface area contributed by atoms with Crippen LogP contribution in [0.15, 0.2) is 30.3 Å². The van der Waals surface area contributed by atoms with Crippen LogP contribution in [0, 0.1) is 0 Å². The molecule has 0 fully saturated rings. The minimum absolute atomic E-state index is 0.120. The SMILES string of the molecule is CCOC(C)CNC(=O)N[C@@H](C(=O)O)c1ccccc1. The van der Waals surface area contributed by atoms with Gasteiger partial charge < -0.3 is 20.5 Å². The molecular formula is C14H20N2O4. The highest BCUT2D eigenvalue weighted by molar-refractivity contribution is 5.83. The standard InChI is InChI=1S/C14H20N2O4/c1-3-20-10(2)9-15-14(19)16-12(13(17)18)11-7-5-4-6-8-11/h4-8,10,12H,3,9H2,1-2H3,(H,17,18)(H2,15,16,19)/t10?,12-/m1/s1. The lowest BCUT2D eigenvalue weighted by Crippen LogP contribution is -2.43. The highest BCUT2D eigenvalue weighted by atomic mass is 16.5. The van der Waals surface area contributed by atoms with Crippen LogP contribution in [0.3, 0.4) is 0 Å². The number of carbonyl (C=O) groups is 2. The maximum atomic E-state index is 11.7. The molecule has 1 rings (SSSR count). The quantitative estimate of drug-likeness (QED) is 0.707. The zero-order chi connectivity index (χ0) is 15.0. The summed E-state index contributed by atoms with van der Waals surface area (Å²) >= 11 is 0. The molecule has 6 heteroatoms. The molecule has 0 bridgehead atoms. The van der Waals surface area contributed by atoms with Crippen molar-refractivity contribution in [2.24, 2.45) is 0 Å². The zero-order valence-electron chi connectivity index (χ0n) is 11.6. The van der Waals surface area contributed by atoms with E-state index in [0.29, 0.717) is 18.7 Å².